The Morgan fingerprint density at radius 2 is 1.64 bits per heavy atom. The van der Waals surface area contributed by atoms with E-state index in [0.29, 0.717) is 33.2 Å². The van der Waals surface area contributed by atoms with Gasteiger partial charge in [0.05, 0.1) is 19.2 Å². The number of hydrogen-bond donors (Lipinski definition) is 1. The van der Waals surface area contributed by atoms with Crippen LogP contribution in [0.3, 0.4) is 0 Å². The number of fused-ring (bicyclic) bond motifs is 3. The maximum absolute atomic E-state index is 12.3. The molecule has 0 unspecified atom stereocenters. The topological polar surface area (TPSA) is 94.0 Å². The number of benzene rings is 4. The molecule has 7 heteroatoms. The Morgan fingerprint density at radius 1 is 0.889 bits per heavy atom. The molecule has 0 aliphatic carbocycles. The van der Waals surface area contributed by atoms with Gasteiger partial charge in [-0.2, -0.15) is 0 Å². The molecule has 0 radical (unpaired) electrons. The van der Waals surface area contributed by atoms with Crippen LogP contribution in [0.2, 0.25) is 0 Å². The maximum atomic E-state index is 12.3. The molecule has 0 aliphatic heterocycles. The molecule has 1 N–H and O–H groups in total. The summed E-state index contributed by atoms with van der Waals surface area (Å²) in [5.41, 5.74) is 3.00. The molecule has 6 rings (SSSR count). The smallest absolute Gasteiger partial charge is 0.336 e. The molecule has 0 atom stereocenters. The summed E-state index contributed by atoms with van der Waals surface area (Å²) in [7, 11) is 1.54. The molecule has 6 aromatic rings. The summed E-state index contributed by atoms with van der Waals surface area (Å²) in [5.74, 6) is 0.301. The number of ether oxygens (including phenoxy) is 1. The molecule has 4 aromatic carbocycles. The highest BCUT2D eigenvalue weighted by Crippen LogP contribution is 2.41. The van der Waals surface area contributed by atoms with Gasteiger partial charge in [-0.3, -0.25) is 0 Å². The van der Waals surface area contributed by atoms with Crippen molar-refractivity contribution in [1.29, 1.82) is 0 Å². The summed E-state index contributed by atoms with van der Waals surface area (Å²) < 4.78 is 12.2. The van der Waals surface area contributed by atoms with Crippen molar-refractivity contribution in [3.05, 3.63) is 106 Å². The summed E-state index contributed by atoms with van der Waals surface area (Å²) in [6.45, 7) is 0.132. The van der Waals surface area contributed by atoms with E-state index in [-0.39, 0.29) is 18.1 Å². The van der Waals surface area contributed by atoms with Gasteiger partial charge >= 0.3 is 5.63 Å². The van der Waals surface area contributed by atoms with E-state index in [4.69, 9.17) is 9.15 Å². The first-order valence-electron chi connectivity index (χ1n) is 11.3. The fourth-order valence-corrected chi connectivity index (χ4v) is 4.75. The van der Waals surface area contributed by atoms with Crippen molar-refractivity contribution in [2.45, 2.75) is 6.54 Å². The van der Waals surface area contributed by atoms with Crippen LogP contribution in [-0.4, -0.2) is 16.8 Å². The van der Waals surface area contributed by atoms with E-state index >= 15 is 0 Å². The van der Waals surface area contributed by atoms with Crippen LogP contribution in [0.4, 0.5) is 5.69 Å². The number of hydrogen-bond acceptors (Lipinski definition) is 6. The van der Waals surface area contributed by atoms with E-state index in [1.165, 1.54) is 13.2 Å². The van der Waals surface area contributed by atoms with Crippen LogP contribution in [0.25, 0.3) is 43.8 Å². The molecule has 0 bridgehead atoms. The largest absolute Gasteiger partial charge is 0.497 e. The lowest BCUT2D eigenvalue weighted by molar-refractivity contribution is 0.414. The molecule has 0 aliphatic rings. The van der Waals surface area contributed by atoms with E-state index < -0.39 is 5.63 Å². The third kappa shape index (κ3) is 3.49. The molecule has 2 heterocycles. The lowest BCUT2D eigenvalue weighted by Crippen LogP contribution is -2.05. The zero-order valence-electron chi connectivity index (χ0n) is 19.3. The Balaban J connectivity index is 1.53. The number of nitrogens with zero attached hydrogens (tertiary/aromatic N) is 2. The maximum Gasteiger partial charge on any atom is 0.336 e. The first-order valence-corrected chi connectivity index (χ1v) is 11.3. The number of nitroso groups, excluding NO2 is 1. The molecule has 7 nitrogen and oxygen atoms in total. The fraction of sp³-hybridized carbons (Fsp3) is 0.0690. The Hall–Kier alpha value is -4.91. The van der Waals surface area contributed by atoms with Crippen LogP contribution >= 0.6 is 0 Å². The van der Waals surface area contributed by atoms with Gasteiger partial charge in [-0.1, -0.05) is 42.5 Å². The minimum absolute atomic E-state index is 0.0380. The molecule has 176 valence electrons. The zero-order valence-corrected chi connectivity index (χ0v) is 19.3. The van der Waals surface area contributed by atoms with E-state index in [0.717, 1.165) is 21.9 Å². The van der Waals surface area contributed by atoms with Crippen molar-refractivity contribution < 1.29 is 14.3 Å². The average molecular weight is 476 g/mol. The second-order valence-corrected chi connectivity index (χ2v) is 8.60. The van der Waals surface area contributed by atoms with Crippen LogP contribution in [-0.2, 0) is 6.54 Å². The van der Waals surface area contributed by atoms with Gasteiger partial charge in [0.1, 0.15) is 11.3 Å². The Kier molecular flexibility index (Phi) is 5.04. The summed E-state index contributed by atoms with van der Waals surface area (Å²) in [4.78, 5) is 23.9. The molecule has 0 saturated heterocycles. The van der Waals surface area contributed by atoms with Crippen LogP contribution in [0.5, 0.6) is 11.6 Å². The van der Waals surface area contributed by atoms with Gasteiger partial charge in [0.15, 0.2) is 5.69 Å². The first kappa shape index (κ1) is 21.6. The van der Waals surface area contributed by atoms with Crippen LogP contribution < -0.4 is 10.4 Å². The Morgan fingerprint density at radius 3 is 2.44 bits per heavy atom. The Bertz CT molecular complexity index is 1870. The van der Waals surface area contributed by atoms with Crippen LogP contribution in [0.15, 0.2) is 99.3 Å². The van der Waals surface area contributed by atoms with Gasteiger partial charge in [0.25, 0.3) is 0 Å². The molecule has 0 fully saturated rings. The van der Waals surface area contributed by atoms with Gasteiger partial charge in [0, 0.05) is 22.9 Å². The van der Waals surface area contributed by atoms with E-state index in [2.05, 4.69) is 29.4 Å². The minimum Gasteiger partial charge on any atom is -0.497 e. The number of methoxy groups -OCH3 is 1. The lowest BCUT2D eigenvalue weighted by atomic mass is 10.0. The quantitative estimate of drug-likeness (QED) is 0.220. The van der Waals surface area contributed by atoms with Crippen molar-refractivity contribution >= 4 is 38.3 Å². The molecule has 36 heavy (non-hydrogen) atoms. The third-order valence-corrected chi connectivity index (χ3v) is 6.55. The highest BCUT2D eigenvalue weighted by Gasteiger charge is 2.20. The molecular weight excluding hydrogens is 456 g/mol. The van der Waals surface area contributed by atoms with E-state index in [1.807, 2.05) is 30.3 Å². The number of rotatable bonds is 5. The zero-order chi connectivity index (χ0) is 24.8. The summed E-state index contributed by atoms with van der Waals surface area (Å²) in [5, 5.41) is 17.5. The van der Waals surface area contributed by atoms with Crippen LogP contribution in [0, 0.1) is 4.91 Å². The van der Waals surface area contributed by atoms with E-state index in [1.54, 1.807) is 28.8 Å². The molecule has 0 saturated carbocycles. The first-order chi connectivity index (χ1) is 17.6. The van der Waals surface area contributed by atoms with Gasteiger partial charge in [0.2, 0.25) is 5.88 Å². The monoisotopic (exact) mass is 476 g/mol. The van der Waals surface area contributed by atoms with E-state index in [9.17, 15) is 14.8 Å². The van der Waals surface area contributed by atoms with Gasteiger partial charge in [-0.05, 0) is 63.0 Å². The predicted molar refractivity (Wildman–Crippen MR) is 140 cm³/mol. The number of aromatic hydroxyl groups is 1. The van der Waals surface area contributed by atoms with Gasteiger partial charge in [-0.15, -0.1) is 4.91 Å². The lowest BCUT2D eigenvalue weighted by Gasteiger charge is -2.11. The number of aromatic nitrogens is 1. The summed E-state index contributed by atoms with van der Waals surface area (Å²) in [6.07, 6.45) is 0. The average Bonchev–Trinajstić information content (AvgIpc) is 3.17. The molecule has 0 spiro atoms. The molecule has 2 aromatic heterocycles. The molecular formula is C29H20N2O5. The highest BCUT2D eigenvalue weighted by molar-refractivity contribution is 5.98. The highest BCUT2D eigenvalue weighted by atomic mass is 16.5. The second kappa shape index (κ2) is 8.39. The van der Waals surface area contributed by atoms with Gasteiger partial charge in [-0.25, -0.2) is 4.79 Å². The van der Waals surface area contributed by atoms with Crippen LogP contribution in [0.1, 0.15) is 5.56 Å². The Labute approximate surface area is 204 Å². The fourth-order valence-electron chi connectivity index (χ4n) is 4.75. The summed E-state index contributed by atoms with van der Waals surface area (Å²) in [6, 6.07) is 26.5. The van der Waals surface area contributed by atoms with Crippen molar-refractivity contribution in [2.24, 2.45) is 5.18 Å². The SMILES string of the molecule is COc1ccc2c(Cn3c(O)c(N=O)c4ccc(-c5ccc6ccccc6c5)cc43)cc(=O)oc2c1. The normalized spacial score (nSPS) is 11.4. The van der Waals surface area contributed by atoms with Crippen molar-refractivity contribution in [3.63, 3.8) is 0 Å². The summed E-state index contributed by atoms with van der Waals surface area (Å²) >= 11 is 0. The van der Waals surface area contributed by atoms with Crippen molar-refractivity contribution in [2.75, 3.05) is 7.11 Å². The van der Waals surface area contributed by atoms with Crippen molar-refractivity contribution in [1.82, 2.24) is 4.57 Å². The van der Waals surface area contributed by atoms with Crippen molar-refractivity contribution in [3.8, 4) is 22.8 Å². The standard InChI is InChI=1S/C29H20N2O5/c1-35-22-9-11-23-21(14-27(32)36-26(23)15-22)16-31-25-13-20(8-10-24(25)28(30-34)29(31)33)19-7-6-17-4-2-3-5-18(17)12-19/h2-15,33H,16H2,1H3. The minimum atomic E-state index is -0.521. The molecule has 0 amide bonds. The second-order valence-electron chi connectivity index (χ2n) is 8.60. The predicted octanol–water partition coefficient (Wildman–Crippen LogP) is 6.73. The van der Waals surface area contributed by atoms with Gasteiger partial charge < -0.3 is 18.8 Å². The third-order valence-electron chi connectivity index (χ3n) is 6.55.